The van der Waals surface area contributed by atoms with Gasteiger partial charge in [-0.1, -0.05) is 78.5 Å². The summed E-state index contributed by atoms with van der Waals surface area (Å²) in [4.78, 5) is 19.1. The lowest BCUT2D eigenvalue weighted by atomic mass is 10.6. The van der Waals surface area contributed by atoms with Gasteiger partial charge in [-0.3, -0.25) is 4.79 Å². The van der Waals surface area contributed by atoms with Crippen molar-refractivity contribution in [2.75, 3.05) is 73.6 Å². The number of amides is 1. The first-order chi connectivity index (χ1) is 14.0. The molecule has 0 aliphatic carbocycles. The third-order valence-corrected chi connectivity index (χ3v) is 1.84. The molecule has 38 heavy (non-hydrogen) atoms. The van der Waals surface area contributed by atoms with Gasteiger partial charge in [0.15, 0.2) is 0 Å². The van der Waals surface area contributed by atoms with E-state index < -0.39 is 0 Å². The third kappa shape index (κ3) is 2120. The summed E-state index contributed by atoms with van der Waals surface area (Å²) in [6, 6.07) is 0. The van der Waals surface area contributed by atoms with Gasteiger partial charge in [-0.05, 0) is 73.2 Å². The van der Waals surface area contributed by atoms with Crippen LogP contribution in [0.1, 0.15) is 108 Å². The van der Waals surface area contributed by atoms with Gasteiger partial charge in [0.2, 0.25) is 5.91 Å². The lowest BCUT2D eigenvalue weighted by Gasteiger charge is -1.80. The Kier molecular flexibility index (Phi) is 546. The van der Waals surface area contributed by atoms with Crippen LogP contribution in [0.2, 0.25) is 0 Å². The van der Waals surface area contributed by atoms with Gasteiger partial charge >= 0.3 is 0 Å². The lowest BCUT2D eigenvalue weighted by Crippen LogP contribution is -2.11. The molecule has 0 atom stereocenters. The van der Waals surface area contributed by atoms with E-state index in [4.69, 9.17) is 0 Å². The highest BCUT2D eigenvalue weighted by molar-refractivity contribution is 7.98. The molecule has 6 nitrogen and oxygen atoms in total. The predicted octanol–water partition coefficient (Wildman–Crippen LogP) is 10.1. The van der Waals surface area contributed by atoms with Crippen molar-refractivity contribution in [2.24, 2.45) is 0 Å². The summed E-state index contributed by atoms with van der Waals surface area (Å²) in [6.45, 7) is 13.4. The van der Waals surface area contributed by atoms with Crippen molar-refractivity contribution < 1.29 is 19.1 Å². The van der Waals surface area contributed by atoms with E-state index in [0.29, 0.717) is 0 Å². The maximum atomic E-state index is 9.70. The molecule has 0 unspecified atom stereocenters. The number of hydrogen-bond donors (Lipinski definition) is 2. The van der Waals surface area contributed by atoms with E-state index in [9.17, 15) is 9.59 Å². The molecule has 0 saturated heterocycles. The van der Waals surface area contributed by atoms with E-state index in [1.54, 1.807) is 40.1 Å². The van der Waals surface area contributed by atoms with Crippen molar-refractivity contribution in [3.8, 4) is 0 Å². The fourth-order valence-corrected chi connectivity index (χ4v) is 0. The Hall–Kier alpha value is -0.540. The number of ketones is 1. The topological polar surface area (TPSA) is 76.7 Å². The van der Waals surface area contributed by atoms with Crippen LogP contribution in [0.25, 0.3) is 0 Å². The van der Waals surface area contributed by atoms with Gasteiger partial charge in [-0.25, -0.2) is 0 Å². The monoisotopic (exact) mass is 605 g/mol. The van der Waals surface area contributed by atoms with Crippen LogP contribution in [0, 0.1) is 0 Å². The van der Waals surface area contributed by atoms with Crippen LogP contribution in [-0.2, 0) is 19.1 Å². The molecule has 0 aliphatic heterocycles. The molecule has 1 amide bonds. The van der Waals surface area contributed by atoms with Gasteiger partial charge in [0.25, 0.3) is 0 Å². The molecule has 0 aromatic rings. The van der Waals surface area contributed by atoms with Gasteiger partial charge in [-0.2, -0.15) is 23.5 Å². The molecule has 2 N–H and O–H groups in total. The molecular weight excluding hydrogens is 516 g/mol. The molecule has 0 heterocycles. The van der Waals surface area contributed by atoms with Gasteiger partial charge in [0, 0.05) is 41.9 Å². The van der Waals surface area contributed by atoms with E-state index in [1.165, 1.54) is 26.5 Å². The number of carbonyl (C=O) groups excluding carboxylic acids is 2. The second-order valence-corrected chi connectivity index (χ2v) is 6.82. The normalized spacial score (nSPS) is 5.58. The number of methoxy groups -OCH3 is 2. The number of nitrogens with one attached hydrogen (secondary N) is 2. The summed E-state index contributed by atoms with van der Waals surface area (Å²) in [5.41, 5.74) is 0. The minimum Gasteiger partial charge on any atom is -0.388 e. The third-order valence-electron chi connectivity index (χ3n) is 1.26. The summed E-state index contributed by atoms with van der Waals surface area (Å²) in [6.07, 6.45) is 10.2. The van der Waals surface area contributed by atoms with Gasteiger partial charge in [0.05, 0.1) is 0 Å². The van der Waals surface area contributed by atoms with Crippen molar-refractivity contribution >= 4 is 35.2 Å². The van der Waals surface area contributed by atoms with Crippen LogP contribution in [0.15, 0.2) is 12.2 Å². The maximum absolute atomic E-state index is 9.70. The van der Waals surface area contributed by atoms with Gasteiger partial charge < -0.3 is 24.9 Å². The van der Waals surface area contributed by atoms with Crippen LogP contribution >= 0.6 is 23.5 Å². The summed E-state index contributed by atoms with van der Waals surface area (Å²) in [5.74, 6) is 1.41. The van der Waals surface area contributed by atoms with Crippen molar-refractivity contribution in [2.45, 2.75) is 108 Å². The van der Waals surface area contributed by atoms with E-state index >= 15 is 0 Å². The highest BCUT2D eigenvalue weighted by Gasteiger charge is 1.72. The zero-order valence-electron chi connectivity index (χ0n) is 23.0. The van der Waals surface area contributed by atoms with E-state index in [2.05, 4.69) is 33.3 Å². The second kappa shape index (κ2) is 192. The highest BCUT2D eigenvalue weighted by Crippen LogP contribution is 1.83. The number of ether oxygens (including phenoxy) is 2. The van der Waals surface area contributed by atoms with Crippen LogP contribution in [0.5, 0.6) is 0 Å². The first kappa shape index (κ1) is 108. The molecule has 8 heteroatoms. The van der Waals surface area contributed by atoms with Crippen LogP contribution in [-0.4, -0.2) is 85.3 Å². The molecular formula is C30H88N2O4S2. The average molecular weight is 605 g/mol. The predicted molar refractivity (Wildman–Crippen MR) is 199 cm³/mol. The van der Waals surface area contributed by atoms with Gasteiger partial charge in [0.1, 0.15) is 5.78 Å². The summed E-state index contributed by atoms with van der Waals surface area (Å²) >= 11 is 3.61. The Morgan fingerprint density at radius 2 is 0.816 bits per heavy atom. The average Bonchev–Trinajstić information content (AvgIpc) is 2.70. The van der Waals surface area contributed by atoms with E-state index in [1.807, 2.05) is 71.3 Å². The molecule has 0 saturated carbocycles. The second-order valence-electron chi connectivity index (χ2n) is 4.85. The fourth-order valence-electron chi connectivity index (χ4n) is 0. The summed E-state index contributed by atoms with van der Waals surface area (Å²) in [7, 11) is 10.3. The van der Waals surface area contributed by atoms with Crippen molar-refractivity contribution in [1.29, 1.82) is 0 Å². The molecule has 0 rings (SSSR count). The lowest BCUT2D eigenvalue weighted by molar-refractivity contribution is -0.118. The number of allylic oxidation sites excluding steroid dienone is 2. The van der Waals surface area contributed by atoms with Crippen LogP contribution in [0.3, 0.4) is 0 Å². The molecule has 0 radical (unpaired) electrons. The molecule has 0 aromatic heterocycles. The molecule has 0 bridgehead atoms. The van der Waals surface area contributed by atoms with Crippen LogP contribution < -0.4 is 10.6 Å². The molecule has 0 fully saturated rings. The number of hydrogen-bond acceptors (Lipinski definition) is 7. The number of thioether (sulfide) groups is 2. The highest BCUT2D eigenvalue weighted by atomic mass is 32.2. The Balaban J connectivity index is -0.0000000101. The summed E-state index contributed by atoms with van der Waals surface area (Å²) < 4.78 is 8.79. The number of carbonyl (C=O) groups is 2. The molecule has 0 spiro atoms. The Morgan fingerprint density at radius 1 is 0.711 bits per heavy atom. The largest absolute Gasteiger partial charge is 0.388 e. The summed E-state index contributed by atoms with van der Waals surface area (Å²) in [5, 5.41) is 5.14. The van der Waals surface area contributed by atoms with Crippen molar-refractivity contribution in [3.63, 3.8) is 0 Å². The molecule has 254 valence electrons. The molecule has 0 aliphatic rings. The van der Waals surface area contributed by atoms with E-state index in [-0.39, 0.29) is 71.1 Å². The minimum atomic E-state index is 0. The number of Topliss-reactive ketones (excluding diaryl/α,β-unsaturated/α-hetero) is 1. The first-order valence-electron chi connectivity index (χ1n) is 9.59. The standard InChI is InChI=1S/C4H8.C3H7NO.C3H8O.C3H6O.C3H8S.C2H7N.C2H6O.C2H6S.8CH4/c1-3-4-2;1-3(5)4-2;1-3-4-2;1-3(2)4;1-3-4-2;3*1-3-2;;;;;;;;/h3-4H,1-2H3;1-2H3,(H,4,5);3H2,1-2H3;1-2H3;3H2,1-2H3;3H,1-2H3;2*1-2H3;8*1H4/b4-3-;;;;;;;;;;;;;;;. The zero-order chi connectivity index (χ0) is 26.2. The number of rotatable bonds is 2. The SMILES string of the molecule is C.C.C.C.C.C.C.C.C/C=C\C.CC(C)=O.CCOC.CCSC.CNC.CNC(C)=O.COC.CSC. The Bertz CT molecular complexity index is 240. The van der Waals surface area contributed by atoms with Gasteiger partial charge in [-0.15, -0.1) is 0 Å². The van der Waals surface area contributed by atoms with Crippen molar-refractivity contribution in [3.05, 3.63) is 12.2 Å². The smallest absolute Gasteiger partial charge is 0.216 e. The Morgan fingerprint density at radius 3 is 0.816 bits per heavy atom. The molecule has 0 aromatic carbocycles. The zero-order valence-corrected chi connectivity index (χ0v) is 24.7. The van der Waals surface area contributed by atoms with E-state index in [0.717, 1.165) is 6.61 Å². The maximum Gasteiger partial charge on any atom is 0.216 e. The Labute approximate surface area is 258 Å². The van der Waals surface area contributed by atoms with Crippen molar-refractivity contribution in [1.82, 2.24) is 10.6 Å². The quantitative estimate of drug-likeness (QED) is 0.304. The minimum absolute atomic E-state index is 0. The first-order valence-corrected chi connectivity index (χ1v) is 12.6. The fraction of sp³-hybridized carbons (Fsp3) is 0.867. The van der Waals surface area contributed by atoms with Crippen LogP contribution in [0.4, 0.5) is 0 Å².